The van der Waals surface area contributed by atoms with E-state index in [1.165, 1.54) is 17.7 Å². The maximum Gasteiger partial charge on any atom is 0.126 e. The van der Waals surface area contributed by atoms with Gasteiger partial charge in [0, 0.05) is 15.9 Å². The van der Waals surface area contributed by atoms with Crippen LogP contribution in [0, 0.1) is 17.6 Å². The molecule has 0 nitrogen and oxygen atoms in total. The van der Waals surface area contributed by atoms with Crippen LogP contribution in [-0.4, -0.2) is 5.33 Å². The maximum atomic E-state index is 13.2. The molecule has 20 heavy (non-hydrogen) atoms. The van der Waals surface area contributed by atoms with Gasteiger partial charge in [0.25, 0.3) is 0 Å². The van der Waals surface area contributed by atoms with Gasteiger partial charge >= 0.3 is 0 Å². The van der Waals surface area contributed by atoms with E-state index in [-0.39, 0.29) is 0 Å². The Morgan fingerprint density at radius 3 is 2.15 bits per heavy atom. The number of benzene rings is 2. The molecule has 1 unspecified atom stereocenters. The first kappa shape index (κ1) is 15.6. The lowest BCUT2D eigenvalue weighted by Gasteiger charge is -2.14. The van der Waals surface area contributed by atoms with Gasteiger partial charge in [-0.05, 0) is 54.2 Å². The Hall–Kier alpha value is -0.740. The fraction of sp³-hybridized carbons (Fsp3) is 0.250. The molecule has 0 saturated carbocycles. The predicted octanol–water partition coefficient (Wildman–Crippen LogP) is 5.52. The van der Waals surface area contributed by atoms with Crippen molar-refractivity contribution in [2.24, 2.45) is 5.92 Å². The molecule has 0 spiro atoms. The average molecular weight is 404 g/mol. The third-order valence-electron chi connectivity index (χ3n) is 3.08. The van der Waals surface area contributed by atoms with Crippen LogP contribution < -0.4 is 0 Å². The zero-order valence-electron chi connectivity index (χ0n) is 10.8. The van der Waals surface area contributed by atoms with Crippen molar-refractivity contribution >= 4 is 31.9 Å². The Morgan fingerprint density at radius 1 is 0.900 bits per heavy atom. The molecule has 0 bridgehead atoms. The molecule has 1 atom stereocenters. The molecular formula is C16H14Br2F2. The highest BCUT2D eigenvalue weighted by Gasteiger charge is 2.11. The normalized spacial score (nSPS) is 12.4. The van der Waals surface area contributed by atoms with Crippen LogP contribution in [0.25, 0.3) is 0 Å². The molecule has 2 aromatic carbocycles. The summed E-state index contributed by atoms with van der Waals surface area (Å²) < 4.78 is 27.5. The van der Waals surface area contributed by atoms with Gasteiger partial charge in [0.2, 0.25) is 0 Å². The SMILES string of the molecule is Fc1cc(F)cc(CC(CBr)Cc2cccc(Br)c2)c1. The van der Waals surface area contributed by atoms with Gasteiger partial charge in [0.1, 0.15) is 11.6 Å². The van der Waals surface area contributed by atoms with E-state index < -0.39 is 11.6 Å². The van der Waals surface area contributed by atoms with Crippen molar-refractivity contribution < 1.29 is 8.78 Å². The largest absolute Gasteiger partial charge is 0.207 e. The Bertz CT molecular complexity index is 564. The highest BCUT2D eigenvalue weighted by atomic mass is 79.9. The summed E-state index contributed by atoms with van der Waals surface area (Å²) >= 11 is 6.94. The van der Waals surface area contributed by atoms with Crippen molar-refractivity contribution in [3.63, 3.8) is 0 Å². The minimum atomic E-state index is -0.518. The van der Waals surface area contributed by atoms with Crippen molar-refractivity contribution in [2.45, 2.75) is 12.8 Å². The number of halogens is 4. The van der Waals surface area contributed by atoms with Gasteiger partial charge in [0.15, 0.2) is 0 Å². The summed E-state index contributed by atoms with van der Waals surface area (Å²) in [5, 5.41) is 0.789. The summed E-state index contributed by atoms with van der Waals surface area (Å²) in [5.74, 6) is -0.739. The standard InChI is InChI=1S/C16H14Br2F2/c17-10-13(4-11-2-1-3-14(18)6-11)5-12-7-15(19)9-16(20)8-12/h1-3,6-9,13H,4-5,10H2. The Morgan fingerprint density at radius 2 is 1.55 bits per heavy atom. The van der Waals surface area contributed by atoms with E-state index in [0.29, 0.717) is 17.9 Å². The maximum absolute atomic E-state index is 13.2. The van der Waals surface area contributed by atoms with E-state index in [1.54, 1.807) is 0 Å². The fourth-order valence-corrected chi connectivity index (χ4v) is 3.15. The minimum absolute atomic E-state index is 0.297. The first-order chi connectivity index (χ1) is 9.56. The molecule has 2 aromatic rings. The van der Waals surface area contributed by atoms with Crippen LogP contribution >= 0.6 is 31.9 Å². The van der Waals surface area contributed by atoms with Crippen LogP contribution in [-0.2, 0) is 12.8 Å². The van der Waals surface area contributed by atoms with Gasteiger partial charge in [-0.1, -0.05) is 44.0 Å². The molecule has 0 aliphatic carbocycles. The van der Waals surface area contributed by atoms with Crippen LogP contribution in [0.3, 0.4) is 0 Å². The van der Waals surface area contributed by atoms with Crippen molar-refractivity contribution in [2.75, 3.05) is 5.33 Å². The number of rotatable bonds is 5. The smallest absolute Gasteiger partial charge is 0.126 e. The second-order valence-electron chi connectivity index (χ2n) is 4.84. The van der Waals surface area contributed by atoms with E-state index in [2.05, 4.69) is 44.0 Å². The molecule has 0 N–H and O–H groups in total. The number of alkyl halides is 1. The van der Waals surface area contributed by atoms with Crippen molar-refractivity contribution in [3.8, 4) is 0 Å². The molecule has 4 heteroatoms. The van der Waals surface area contributed by atoms with Gasteiger partial charge in [-0.3, -0.25) is 0 Å². The first-order valence-corrected chi connectivity index (χ1v) is 8.23. The minimum Gasteiger partial charge on any atom is -0.207 e. The molecule has 0 aliphatic rings. The quantitative estimate of drug-likeness (QED) is 0.576. The highest BCUT2D eigenvalue weighted by Crippen LogP contribution is 2.20. The van der Waals surface area contributed by atoms with E-state index in [9.17, 15) is 8.78 Å². The van der Waals surface area contributed by atoms with Crippen LogP contribution in [0.15, 0.2) is 46.9 Å². The van der Waals surface area contributed by atoms with E-state index in [0.717, 1.165) is 22.3 Å². The summed E-state index contributed by atoms with van der Waals surface area (Å²) in [6, 6.07) is 11.8. The monoisotopic (exact) mass is 402 g/mol. The third kappa shape index (κ3) is 4.67. The van der Waals surface area contributed by atoms with Crippen molar-refractivity contribution in [3.05, 3.63) is 69.7 Å². The molecule has 0 saturated heterocycles. The zero-order valence-corrected chi connectivity index (χ0v) is 13.9. The van der Waals surface area contributed by atoms with E-state index >= 15 is 0 Å². The number of hydrogen-bond donors (Lipinski definition) is 0. The van der Waals surface area contributed by atoms with Crippen molar-refractivity contribution in [1.82, 2.24) is 0 Å². The van der Waals surface area contributed by atoms with Gasteiger partial charge in [-0.2, -0.15) is 0 Å². The average Bonchev–Trinajstić information content (AvgIpc) is 2.36. The molecule has 0 aliphatic heterocycles. The summed E-state index contributed by atoms with van der Waals surface area (Å²) in [4.78, 5) is 0. The van der Waals surface area contributed by atoms with Crippen LogP contribution in [0.1, 0.15) is 11.1 Å². The zero-order chi connectivity index (χ0) is 14.5. The molecule has 106 valence electrons. The molecule has 0 radical (unpaired) electrons. The Kier molecular flexibility index (Phi) is 5.73. The second-order valence-corrected chi connectivity index (χ2v) is 6.40. The van der Waals surface area contributed by atoms with Gasteiger partial charge in [-0.15, -0.1) is 0 Å². The second kappa shape index (κ2) is 7.32. The van der Waals surface area contributed by atoms with Crippen LogP contribution in [0.5, 0.6) is 0 Å². The van der Waals surface area contributed by atoms with Gasteiger partial charge in [0.05, 0.1) is 0 Å². The molecular weight excluding hydrogens is 390 g/mol. The lowest BCUT2D eigenvalue weighted by molar-refractivity contribution is 0.560. The molecule has 0 fully saturated rings. The summed E-state index contributed by atoms with van der Waals surface area (Å²) in [5.41, 5.74) is 1.91. The third-order valence-corrected chi connectivity index (χ3v) is 4.49. The summed E-state index contributed by atoms with van der Waals surface area (Å²) in [6.07, 6.45) is 1.51. The Labute approximate surface area is 134 Å². The van der Waals surface area contributed by atoms with Gasteiger partial charge in [-0.25, -0.2) is 8.78 Å². The molecule has 0 aromatic heterocycles. The van der Waals surface area contributed by atoms with Crippen LogP contribution in [0.2, 0.25) is 0 Å². The molecule has 0 heterocycles. The summed E-state index contributed by atoms with van der Waals surface area (Å²) in [6.45, 7) is 0. The Balaban J connectivity index is 2.09. The van der Waals surface area contributed by atoms with E-state index in [4.69, 9.17) is 0 Å². The lowest BCUT2D eigenvalue weighted by atomic mass is 9.94. The van der Waals surface area contributed by atoms with E-state index in [1.807, 2.05) is 12.1 Å². The van der Waals surface area contributed by atoms with Gasteiger partial charge < -0.3 is 0 Å². The highest BCUT2D eigenvalue weighted by molar-refractivity contribution is 9.10. The first-order valence-electron chi connectivity index (χ1n) is 6.32. The topological polar surface area (TPSA) is 0 Å². The molecule has 2 rings (SSSR count). The molecule has 0 amide bonds. The lowest BCUT2D eigenvalue weighted by Crippen LogP contribution is -2.10. The van der Waals surface area contributed by atoms with Crippen molar-refractivity contribution in [1.29, 1.82) is 0 Å². The van der Waals surface area contributed by atoms with Crippen LogP contribution in [0.4, 0.5) is 8.78 Å². The number of hydrogen-bond acceptors (Lipinski definition) is 0. The predicted molar refractivity (Wildman–Crippen MR) is 85.2 cm³/mol. The summed E-state index contributed by atoms with van der Waals surface area (Å²) in [7, 11) is 0. The fourth-order valence-electron chi connectivity index (χ4n) is 2.24.